The highest BCUT2D eigenvalue weighted by atomic mass is 79.9. The molecule has 1 fully saturated rings. The van der Waals surface area contributed by atoms with Crippen LogP contribution in [0.5, 0.6) is 5.75 Å². The van der Waals surface area contributed by atoms with E-state index in [9.17, 15) is 4.39 Å². The highest BCUT2D eigenvalue weighted by Gasteiger charge is 2.42. The molecule has 2 nitrogen and oxygen atoms in total. The number of halogens is 3. The predicted octanol–water partition coefficient (Wildman–Crippen LogP) is 3.75. The molecular formula is C12H13BrClFO2. The number of benzene rings is 1. The van der Waals surface area contributed by atoms with Crippen LogP contribution in [0.15, 0.2) is 22.7 Å². The summed E-state index contributed by atoms with van der Waals surface area (Å²) in [5, 5.41) is -0.0461. The lowest BCUT2D eigenvalue weighted by Crippen LogP contribution is -2.52. The van der Waals surface area contributed by atoms with Gasteiger partial charge in [-0.15, -0.1) is 11.6 Å². The molecule has 1 aliphatic rings. The second-order valence-electron chi connectivity index (χ2n) is 3.90. The first kappa shape index (κ1) is 13.1. The van der Waals surface area contributed by atoms with Crippen LogP contribution in [0.4, 0.5) is 4.39 Å². The normalized spacial score (nSPS) is 27.6. The van der Waals surface area contributed by atoms with Crippen molar-refractivity contribution in [3.05, 3.63) is 28.5 Å². The van der Waals surface area contributed by atoms with Gasteiger partial charge >= 0.3 is 0 Å². The lowest BCUT2D eigenvalue weighted by Gasteiger charge is -2.40. The molecule has 3 unspecified atom stereocenters. The van der Waals surface area contributed by atoms with Crippen LogP contribution in [0.3, 0.4) is 0 Å². The number of hydrogen-bond acceptors (Lipinski definition) is 2. The van der Waals surface area contributed by atoms with Crippen molar-refractivity contribution in [1.82, 2.24) is 0 Å². The van der Waals surface area contributed by atoms with Crippen molar-refractivity contribution in [2.75, 3.05) is 6.61 Å². The highest BCUT2D eigenvalue weighted by molar-refractivity contribution is 9.10. The molecule has 1 aromatic rings. The molecule has 0 heterocycles. The molecule has 1 aromatic carbocycles. The third kappa shape index (κ3) is 2.92. The van der Waals surface area contributed by atoms with Gasteiger partial charge in [0, 0.05) is 17.5 Å². The molecule has 1 saturated carbocycles. The monoisotopic (exact) mass is 322 g/mol. The summed E-state index contributed by atoms with van der Waals surface area (Å²) in [5.41, 5.74) is 0. The van der Waals surface area contributed by atoms with Gasteiger partial charge in [-0.3, -0.25) is 0 Å². The lowest BCUT2D eigenvalue weighted by atomic mass is 9.91. The van der Waals surface area contributed by atoms with E-state index in [2.05, 4.69) is 15.9 Å². The second kappa shape index (κ2) is 5.55. The largest absolute Gasteiger partial charge is 0.484 e. The quantitative estimate of drug-likeness (QED) is 0.786. The minimum Gasteiger partial charge on any atom is -0.484 e. The fourth-order valence-electron chi connectivity index (χ4n) is 1.78. The van der Waals surface area contributed by atoms with Crippen LogP contribution in [0.25, 0.3) is 0 Å². The third-order valence-electron chi connectivity index (χ3n) is 2.71. The van der Waals surface area contributed by atoms with Crippen LogP contribution in [0.1, 0.15) is 13.3 Å². The van der Waals surface area contributed by atoms with Gasteiger partial charge in [0.25, 0.3) is 0 Å². The molecule has 17 heavy (non-hydrogen) atoms. The van der Waals surface area contributed by atoms with Crippen molar-refractivity contribution in [1.29, 1.82) is 0 Å². The van der Waals surface area contributed by atoms with Crippen LogP contribution in [-0.2, 0) is 4.74 Å². The Kier molecular flexibility index (Phi) is 4.28. The fourth-order valence-corrected chi connectivity index (χ4v) is 2.53. The topological polar surface area (TPSA) is 18.5 Å². The Labute approximate surface area is 113 Å². The van der Waals surface area contributed by atoms with E-state index in [1.165, 1.54) is 6.07 Å². The first-order valence-electron chi connectivity index (χ1n) is 5.49. The smallest absolute Gasteiger partial charge is 0.165 e. The van der Waals surface area contributed by atoms with E-state index in [4.69, 9.17) is 21.1 Å². The zero-order valence-corrected chi connectivity index (χ0v) is 11.7. The second-order valence-corrected chi connectivity index (χ2v) is 5.38. The minimum absolute atomic E-state index is 0.0461. The predicted molar refractivity (Wildman–Crippen MR) is 68.2 cm³/mol. The van der Waals surface area contributed by atoms with E-state index < -0.39 is 0 Å². The first-order chi connectivity index (χ1) is 8.11. The summed E-state index contributed by atoms with van der Waals surface area (Å²) in [4.78, 5) is 0. The van der Waals surface area contributed by atoms with Gasteiger partial charge in [-0.05, 0) is 25.1 Å². The van der Waals surface area contributed by atoms with Crippen LogP contribution in [0.2, 0.25) is 0 Å². The van der Waals surface area contributed by atoms with Crippen LogP contribution in [0, 0.1) is 5.82 Å². The molecule has 2 rings (SSSR count). The Morgan fingerprint density at radius 3 is 2.94 bits per heavy atom. The van der Waals surface area contributed by atoms with E-state index in [-0.39, 0.29) is 29.2 Å². The summed E-state index contributed by atoms with van der Waals surface area (Å²) < 4.78 is 25.3. The molecule has 3 atom stereocenters. The molecule has 0 N–H and O–H groups in total. The van der Waals surface area contributed by atoms with Gasteiger partial charge in [0.05, 0.1) is 5.38 Å². The molecule has 0 amide bonds. The molecule has 0 radical (unpaired) electrons. The van der Waals surface area contributed by atoms with Crippen molar-refractivity contribution in [2.45, 2.75) is 30.9 Å². The number of rotatable bonds is 4. The van der Waals surface area contributed by atoms with Gasteiger partial charge in [0.1, 0.15) is 12.2 Å². The van der Waals surface area contributed by atoms with Crippen LogP contribution in [-0.4, -0.2) is 24.2 Å². The van der Waals surface area contributed by atoms with Crippen molar-refractivity contribution in [3.63, 3.8) is 0 Å². The van der Waals surface area contributed by atoms with Crippen molar-refractivity contribution in [3.8, 4) is 5.75 Å². The van der Waals surface area contributed by atoms with Crippen LogP contribution < -0.4 is 4.74 Å². The van der Waals surface area contributed by atoms with Crippen molar-refractivity contribution >= 4 is 27.5 Å². The standard InChI is InChI=1S/C12H13BrClFO2/c1-2-16-12-8(14)6-11(12)17-10-5-7(13)3-4-9(10)15/h3-5,8,11-12H,2,6H2,1H3. The number of ether oxygens (including phenoxy) is 2. The summed E-state index contributed by atoms with van der Waals surface area (Å²) >= 11 is 9.30. The zero-order valence-electron chi connectivity index (χ0n) is 9.33. The molecule has 0 saturated heterocycles. The summed E-state index contributed by atoms with van der Waals surface area (Å²) in [6, 6.07) is 4.61. The van der Waals surface area contributed by atoms with E-state index in [0.29, 0.717) is 13.0 Å². The summed E-state index contributed by atoms with van der Waals surface area (Å²) in [6.07, 6.45) is 0.361. The van der Waals surface area contributed by atoms with E-state index >= 15 is 0 Å². The third-order valence-corrected chi connectivity index (χ3v) is 3.63. The average molecular weight is 324 g/mol. The maximum absolute atomic E-state index is 13.5. The fraction of sp³-hybridized carbons (Fsp3) is 0.500. The Bertz CT molecular complexity index is 402. The molecule has 5 heteroatoms. The Morgan fingerprint density at radius 2 is 2.29 bits per heavy atom. The maximum atomic E-state index is 13.5. The van der Waals surface area contributed by atoms with Gasteiger partial charge in [-0.25, -0.2) is 4.39 Å². The molecular weight excluding hydrogens is 310 g/mol. The number of hydrogen-bond donors (Lipinski definition) is 0. The van der Waals surface area contributed by atoms with E-state index in [1.807, 2.05) is 6.92 Å². The average Bonchev–Trinajstić information content (AvgIpc) is 2.30. The first-order valence-corrected chi connectivity index (χ1v) is 6.72. The molecule has 0 spiro atoms. The molecule has 94 valence electrons. The molecule has 0 aromatic heterocycles. The zero-order chi connectivity index (χ0) is 12.4. The number of alkyl halides is 1. The molecule has 0 aliphatic heterocycles. The minimum atomic E-state index is -0.374. The van der Waals surface area contributed by atoms with Crippen LogP contribution >= 0.6 is 27.5 Å². The van der Waals surface area contributed by atoms with E-state index in [0.717, 1.165) is 4.47 Å². The lowest BCUT2D eigenvalue weighted by molar-refractivity contribution is -0.0770. The summed E-state index contributed by atoms with van der Waals surface area (Å²) in [7, 11) is 0. The van der Waals surface area contributed by atoms with Gasteiger partial charge in [-0.2, -0.15) is 0 Å². The molecule has 0 bridgehead atoms. The van der Waals surface area contributed by atoms with Crippen molar-refractivity contribution < 1.29 is 13.9 Å². The SMILES string of the molecule is CCOC1C(Cl)CC1Oc1cc(Br)ccc1F. The van der Waals surface area contributed by atoms with E-state index in [1.54, 1.807) is 12.1 Å². The summed E-state index contributed by atoms with van der Waals surface area (Å²) in [5.74, 6) is -0.140. The Balaban J connectivity index is 2.03. The van der Waals surface area contributed by atoms with Crippen molar-refractivity contribution in [2.24, 2.45) is 0 Å². The maximum Gasteiger partial charge on any atom is 0.165 e. The Morgan fingerprint density at radius 1 is 1.53 bits per heavy atom. The van der Waals surface area contributed by atoms with Gasteiger partial charge in [0.2, 0.25) is 0 Å². The van der Waals surface area contributed by atoms with Gasteiger partial charge < -0.3 is 9.47 Å². The highest BCUT2D eigenvalue weighted by Crippen LogP contribution is 2.34. The Hall–Kier alpha value is -0.320. The summed E-state index contributed by atoms with van der Waals surface area (Å²) in [6.45, 7) is 2.48. The van der Waals surface area contributed by atoms with Gasteiger partial charge in [-0.1, -0.05) is 15.9 Å². The van der Waals surface area contributed by atoms with Gasteiger partial charge in [0.15, 0.2) is 11.6 Å². The molecule has 1 aliphatic carbocycles.